The van der Waals surface area contributed by atoms with Gasteiger partial charge < -0.3 is 15.7 Å². The van der Waals surface area contributed by atoms with E-state index in [4.69, 9.17) is 5.73 Å². The second kappa shape index (κ2) is 5.98. The Morgan fingerprint density at radius 2 is 2.11 bits per heavy atom. The molecule has 1 aliphatic heterocycles. The number of β-amino-alcohol motifs (C(OH)–C–C–N with tert-alkyl or cyclic N) is 1. The quantitative estimate of drug-likeness (QED) is 0.826. The molecule has 0 spiro atoms. The molecule has 0 saturated carbocycles. The highest BCUT2D eigenvalue weighted by molar-refractivity contribution is 5.79. The molecule has 3 N–H and O–H groups in total. The van der Waals surface area contributed by atoms with Crippen molar-refractivity contribution in [2.45, 2.75) is 31.9 Å². The van der Waals surface area contributed by atoms with E-state index in [-0.39, 0.29) is 12.0 Å². The van der Waals surface area contributed by atoms with E-state index in [1.807, 2.05) is 24.3 Å². The number of rotatable bonds is 3. The van der Waals surface area contributed by atoms with E-state index >= 15 is 0 Å². The van der Waals surface area contributed by atoms with Crippen LogP contribution in [-0.4, -0.2) is 35.1 Å². The highest BCUT2D eigenvalue weighted by Gasteiger charge is 2.22. The molecule has 0 radical (unpaired) electrons. The SMILES string of the molecule is NCc1ccccc1CC(=O)N1CCCC(O)C1. The molecular weight excluding hydrogens is 228 g/mol. The van der Waals surface area contributed by atoms with Crippen LogP contribution in [0.25, 0.3) is 0 Å². The Morgan fingerprint density at radius 1 is 1.39 bits per heavy atom. The molecule has 0 aliphatic carbocycles. The number of carbonyl (C=O) groups is 1. The van der Waals surface area contributed by atoms with E-state index in [1.165, 1.54) is 0 Å². The lowest BCUT2D eigenvalue weighted by molar-refractivity contribution is -0.133. The van der Waals surface area contributed by atoms with Crippen LogP contribution >= 0.6 is 0 Å². The summed E-state index contributed by atoms with van der Waals surface area (Å²) in [5, 5.41) is 9.58. The van der Waals surface area contributed by atoms with Crippen molar-refractivity contribution in [1.82, 2.24) is 4.90 Å². The zero-order valence-electron chi connectivity index (χ0n) is 10.5. The van der Waals surface area contributed by atoms with Crippen molar-refractivity contribution in [1.29, 1.82) is 0 Å². The van der Waals surface area contributed by atoms with Gasteiger partial charge in [-0.2, -0.15) is 0 Å². The third-order valence-corrected chi connectivity index (χ3v) is 3.43. The minimum Gasteiger partial charge on any atom is -0.391 e. The van der Waals surface area contributed by atoms with Gasteiger partial charge in [-0.05, 0) is 24.0 Å². The molecule has 1 saturated heterocycles. The summed E-state index contributed by atoms with van der Waals surface area (Å²) in [5.74, 6) is 0.0784. The molecule has 1 heterocycles. The Morgan fingerprint density at radius 3 is 2.78 bits per heavy atom. The smallest absolute Gasteiger partial charge is 0.227 e. The molecule has 4 nitrogen and oxygen atoms in total. The van der Waals surface area contributed by atoms with Gasteiger partial charge in [0.25, 0.3) is 0 Å². The topological polar surface area (TPSA) is 66.6 Å². The number of aliphatic hydroxyl groups is 1. The minimum atomic E-state index is -0.368. The van der Waals surface area contributed by atoms with Crippen molar-refractivity contribution in [2.75, 3.05) is 13.1 Å². The van der Waals surface area contributed by atoms with Crippen LogP contribution in [-0.2, 0) is 17.8 Å². The van der Waals surface area contributed by atoms with Crippen LogP contribution in [0.5, 0.6) is 0 Å². The fourth-order valence-electron chi connectivity index (χ4n) is 2.39. The van der Waals surface area contributed by atoms with E-state index in [1.54, 1.807) is 4.90 Å². The first kappa shape index (κ1) is 13.1. The van der Waals surface area contributed by atoms with Crippen LogP contribution in [0.15, 0.2) is 24.3 Å². The van der Waals surface area contributed by atoms with Crippen LogP contribution in [0.3, 0.4) is 0 Å². The average Bonchev–Trinajstić information content (AvgIpc) is 2.39. The van der Waals surface area contributed by atoms with Crippen molar-refractivity contribution in [3.05, 3.63) is 35.4 Å². The van der Waals surface area contributed by atoms with Crippen molar-refractivity contribution < 1.29 is 9.90 Å². The fourth-order valence-corrected chi connectivity index (χ4v) is 2.39. The van der Waals surface area contributed by atoms with Crippen molar-refractivity contribution in [3.63, 3.8) is 0 Å². The maximum atomic E-state index is 12.2. The van der Waals surface area contributed by atoms with Gasteiger partial charge in [0.15, 0.2) is 0 Å². The summed E-state index contributed by atoms with van der Waals surface area (Å²) in [6, 6.07) is 7.75. The molecule has 1 amide bonds. The number of likely N-dealkylation sites (tertiary alicyclic amines) is 1. The number of nitrogens with zero attached hydrogens (tertiary/aromatic N) is 1. The third-order valence-electron chi connectivity index (χ3n) is 3.43. The Bertz CT molecular complexity index is 420. The maximum absolute atomic E-state index is 12.2. The largest absolute Gasteiger partial charge is 0.391 e. The predicted octanol–water partition coefficient (Wildman–Crippen LogP) is 0.671. The van der Waals surface area contributed by atoms with E-state index in [0.717, 1.165) is 30.5 Å². The Kier molecular flexibility index (Phi) is 4.33. The van der Waals surface area contributed by atoms with Gasteiger partial charge in [-0.3, -0.25) is 4.79 Å². The van der Waals surface area contributed by atoms with E-state index in [9.17, 15) is 9.90 Å². The van der Waals surface area contributed by atoms with Gasteiger partial charge >= 0.3 is 0 Å². The molecule has 0 aromatic heterocycles. The first-order valence-electron chi connectivity index (χ1n) is 6.43. The van der Waals surface area contributed by atoms with Gasteiger partial charge in [-0.25, -0.2) is 0 Å². The molecule has 1 aromatic carbocycles. The Balaban J connectivity index is 2.02. The van der Waals surface area contributed by atoms with Gasteiger partial charge in [0, 0.05) is 19.6 Å². The zero-order valence-corrected chi connectivity index (χ0v) is 10.5. The minimum absolute atomic E-state index is 0.0784. The van der Waals surface area contributed by atoms with Crippen LogP contribution in [0.2, 0.25) is 0 Å². The molecule has 1 unspecified atom stereocenters. The summed E-state index contributed by atoms with van der Waals surface area (Å²) in [6.07, 6.45) is 1.68. The third kappa shape index (κ3) is 3.09. The molecule has 1 aromatic rings. The summed E-state index contributed by atoms with van der Waals surface area (Å²) < 4.78 is 0. The van der Waals surface area contributed by atoms with Gasteiger partial charge in [0.1, 0.15) is 0 Å². The molecular formula is C14H20N2O2. The predicted molar refractivity (Wildman–Crippen MR) is 69.9 cm³/mol. The second-order valence-electron chi connectivity index (χ2n) is 4.79. The Hall–Kier alpha value is -1.39. The van der Waals surface area contributed by atoms with Crippen LogP contribution in [0, 0.1) is 0 Å². The molecule has 1 fully saturated rings. The average molecular weight is 248 g/mol. The van der Waals surface area contributed by atoms with Crippen LogP contribution < -0.4 is 5.73 Å². The monoisotopic (exact) mass is 248 g/mol. The van der Waals surface area contributed by atoms with Crippen molar-refractivity contribution in [2.24, 2.45) is 5.73 Å². The molecule has 4 heteroatoms. The van der Waals surface area contributed by atoms with E-state index < -0.39 is 0 Å². The normalized spacial score (nSPS) is 19.9. The summed E-state index contributed by atoms with van der Waals surface area (Å²) in [7, 11) is 0. The standard InChI is InChI=1S/C14H20N2O2/c15-9-12-5-2-1-4-11(12)8-14(18)16-7-3-6-13(17)10-16/h1-2,4-5,13,17H,3,6-10,15H2. The summed E-state index contributed by atoms with van der Waals surface area (Å²) >= 11 is 0. The van der Waals surface area contributed by atoms with E-state index in [0.29, 0.717) is 19.5 Å². The molecule has 2 rings (SSSR count). The number of amides is 1. The molecule has 98 valence electrons. The van der Waals surface area contributed by atoms with Crippen molar-refractivity contribution in [3.8, 4) is 0 Å². The van der Waals surface area contributed by atoms with Gasteiger partial charge in [-0.1, -0.05) is 24.3 Å². The number of benzene rings is 1. The second-order valence-corrected chi connectivity index (χ2v) is 4.79. The summed E-state index contributed by atoms with van der Waals surface area (Å²) in [4.78, 5) is 13.9. The first-order valence-corrected chi connectivity index (χ1v) is 6.43. The Labute approximate surface area is 107 Å². The number of nitrogens with two attached hydrogens (primary N) is 1. The maximum Gasteiger partial charge on any atom is 0.227 e. The molecule has 18 heavy (non-hydrogen) atoms. The van der Waals surface area contributed by atoms with Crippen LogP contribution in [0.1, 0.15) is 24.0 Å². The number of aliphatic hydroxyl groups excluding tert-OH is 1. The fraction of sp³-hybridized carbons (Fsp3) is 0.500. The lowest BCUT2D eigenvalue weighted by atomic mass is 10.0. The summed E-state index contributed by atoms with van der Waals surface area (Å²) in [5.41, 5.74) is 7.67. The van der Waals surface area contributed by atoms with E-state index in [2.05, 4.69) is 0 Å². The lowest BCUT2D eigenvalue weighted by Crippen LogP contribution is -2.42. The van der Waals surface area contributed by atoms with Gasteiger partial charge in [0.2, 0.25) is 5.91 Å². The molecule has 0 bridgehead atoms. The van der Waals surface area contributed by atoms with Gasteiger partial charge in [0.05, 0.1) is 12.5 Å². The van der Waals surface area contributed by atoms with Gasteiger partial charge in [-0.15, -0.1) is 0 Å². The highest BCUT2D eigenvalue weighted by Crippen LogP contribution is 2.14. The van der Waals surface area contributed by atoms with Crippen LogP contribution in [0.4, 0.5) is 0 Å². The summed E-state index contributed by atoms with van der Waals surface area (Å²) in [6.45, 7) is 1.66. The molecule has 1 atom stereocenters. The zero-order chi connectivity index (χ0) is 13.0. The number of carbonyl (C=O) groups excluding carboxylic acids is 1. The highest BCUT2D eigenvalue weighted by atomic mass is 16.3. The number of hydrogen-bond acceptors (Lipinski definition) is 3. The lowest BCUT2D eigenvalue weighted by Gasteiger charge is -2.30. The number of piperidine rings is 1. The molecule has 1 aliphatic rings. The first-order chi connectivity index (χ1) is 8.70. The number of hydrogen-bond donors (Lipinski definition) is 2. The van der Waals surface area contributed by atoms with Crippen molar-refractivity contribution >= 4 is 5.91 Å².